The van der Waals surface area contributed by atoms with Crippen molar-refractivity contribution >= 4 is 70.1 Å². The van der Waals surface area contributed by atoms with E-state index in [1.54, 1.807) is 0 Å². The van der Waals surface area contributed by atoms with Crippen molar-refractivity contribution in [2.45, 2.75) is 5.41 Å². The maximum atomic E-state index is 2.53. The summed E-state index contributed by atoms with van der Waals surface area (Å²) in [5.41, 5.74) is 16.1. The van der Waals surface area contributed by atoms with Gasteiger partial charge in [-0.15, -0.1) is 11.3 Å². The van der Waals surface area contributed by atoms with E-state index >= 15 is 0 Å². The third-order valence-electron chi connectivity index (χ3n) is 13.1. The van der Waals surface area contributed by atoms with Crippen LogP contribution < -0.4 is 4.90 Å². The van der Waals surface area contributed by atoms with Gasteiger partial charge in [0, 0.05) is 42.2 Å². The predicted octanol–water partition coefficient (Wildman–Crippen LogP) is 15.8. The second kappa shape index (κ2) is 12.4. The molecule has 2 aliphatic carbocycles. The Morgan fingerprint density at radius 3 is 1.73 bits per heavy atom. The average molecular weight is 766 g/mol. The summed E-state index contributed by atoms with van der Waals surface area (Å²) in [5, 5.41) is 7.55. The van der Waals surface area contributed by atoms with Crippen molar-refractivity contribution in [3.8, 4) is 33.4 Å². The van der Waals surface area contributed by atoms with Gasteiger partial charge in [-0.1, -0.05) is 176 Å². The minimum Gasteiger partial charge on any atom is -0.309 e. The SMILES string of the molecule is c1ccc(-c2ccc3c(c2)C2(c4cc(N(c5cccc6ccccc56)c5cccc6ccccc56)ccc4-3)c3ccccc3-c3c2ccc2c3sc3ccccc32)cc1. The van der Waals surface area contributed by atoms with Crippen molar-refractivity contribution in [3.05, 3.63) is 235 Å². The van der Waals surface area contributed by atoms with Crippen LogP contribution in [0.2, 0.25) is 0 Å². The fourth-order valence-electron chi connectivity index (χ4n) is 10.6. The predicted molar refractivity (Wildman–Crippen MR) is 251 cm³/mol. The molecular formula is C57H35NS. The molecule has 2 heteroatoms. The zero-order valence-electron chi connectivity index (χ0n) is 32.1. The highest BCUT2D eigenvalue weighted by Crippen LogP contribution is 2.65. The van der Waals surface area contributed by atoms with Crippen molar-refractivity contribution in [1.29, 1.82) is 0 Å². The molecule has 1 spiro atoms. The fourth-order valence-corrected chi connectivity index (χ4v) is 11.9. The molecule has 1 unspecified atom stereocenters. The molecule has 0 N–H and O–H groups in total. The van der Waals surface area contributed by atoms with E-state index in [-0.39, 0.29) is 0 Å². The van der Waals surface area contributed by atoms with Gasteiger partial charge in [-0.25, -0.2) is 0 Å². The summed E-state index contributed by atoms with van der Waals surface area (Å²) in [5.74, 6) is 0. The Balaban J connectivity index is 1.15. The van der Waals surface area contributed by atoms with Crippen LogP contribution in [0.25, 0.3) is 75.1 Å². The smallest absolute Gasteiger partial charge is 0.0727 e. The Hall–Kier alpha value is -7.26. The lowest BCUT2D eigenvalue weighted by Gasteiger charge is -2.33. The second-order valence-corrected chi connectivity index (χ2v) is 17.0. The molecule has 0 bridgehead atoms. The standard InChI is InChI=1S/C57H35NS/c1-2-14-36(15-3-1)39-28-30-43-44-31-29-40(58(52-25-12-18-37-16-4-6-20-41(37)52)53-26-13-19-38-17-5-7-21-42(38)53)35-51(44)57(50(43)34-39)48-24-10-8-23-47(48)55-49(57)33-32-46-45-22-9-11-27-54(45)59-56(46)55/h1-35H. The summed E-state index contributed by atoms with van der Waals surface area (Å²) >= 11 is 1.93. The molecule has 59 heavy (non-hydrogen) atoms. The Kier molecular flexibility index (Phi) is 6.87. The van der Waals surface area contributed by atoms with Crippen molar-refractivity contribution in [2.75, 3.05) is 4.90 Å². The Morgan fingerprint density at radius 2 is 0.966 bits per heavy atom. The van der Waals surface area contributed by atoms with Gasteiger partial charge in [0.1, 0.15) is 0 Å². The number of benzene rings is 10. The number of thiophene rings is 1. The van der Waals surface area contributed by atoms with Gasteiger partial charge in [0.05, 0.1) is 16.8 Å². The van der Waals surface area contributed by atoms with Gasteiger partial charge in [0.25, 0.3) is 0 Å². The molecule has 1 atom stereocenters. The van der Waals surface area contributed by atoms with E-state index in [0.717, 1.165) is 17.1 Å². The number of rotatable bonds is 4. The molecule has 11 aromatic rings. The molecule has 10 aromatic carbocycles. The summed E-state index contributed by atoms with van der Waals surface area (Å²) in [4.78, 5) is 2.51. The van der Waals surface area contributed by atoms with E-state index in [4.69, 9.17) is 0 Å². The molecule has 1 aromatic heterocycles. The van der Waals surface area contributed by atoms with Gasteiger partial charge in [0.2, 0.25) is 0 Å². The minimum atomic E-state index is -0.537. The molecule has 1 nitrogen and oxygen atoms in total. The van der Waals surface area contributed by atoms with Crippen LogP contribution in [0.15, 0.2) is 212 Å². The molecule has 0 saturated carbocycles. The van der Waals surface area contributed by atoms with Crippen LogP contribution in [0.5, 0.6) is 0 Å². The maximum absolute atomic E-state index is 2.53. The van der Waals surface area contributed by atoms with Gasteiger partial charge < -0.3 is 4.90 Å². The van der Waals surface area contributed by atoms with E-state index in [1.807, 2.05) is 11.3 Å². The minimum absolute atomic E-state index is 0.537. The summed E-state index contributed by atoms with van der Waals surface area (Å²) in [6.07, 6.45) is 0. The molecule has 0 amide bonds. The largest absolute Gasteiger partial charge is 0.309 e. The fraction of sp³-hybridized carbons (Fsp3) is 0.0175. The summed E-state index contributed by atoms with van der Waals surface area (Å²) in [7, 11) is 0. The first kappa shape index (κ1) is 32.8. The second-order valence-electron chi connectivity index (χ2n) is 15.9. The normalized spacial score (nSPS) is 14.8. The molecule has 0 fully saturated rings. The Bertz CT molecular complexity index is 3430. The van der Waals surface area contributed by atoms with Crippen LogP contribution in [-0.2, 0) is 5.41 Å². The highest BCUT2D eigenvalue weighted by molar-refractivity contribution is 7.26. The van der Waals surface area contributed by atoms with Crippen LogP contribution in [0.1, 0.15) is 22.3 Å². The number of fused-ring (bicyclic) bond motifs is 16. The lowest BCUT2D eigenvalue weighted by Crippen LogP contribution is -2.26. The zero-order valence-corrected chi connectivity index (χ0v) is 32.9. The van der Waals surface area contributed by atoms with Crippen LogP contribution in [0.4, 0.5) is 17.1 Å². The number of anilines is 3. The topological polar surface area (TPSA) is 3.24 Å². The Morgan fingerprint density at radius 1 is 0.356 bits per heavy atom. The first-order chi connectivity index (χ1) is 29.3. The van der Waals surface area contributed by atoms with E-state index in [0.29, 0.717) is 0 Å². The van der Waals surface area contributed by atoms with Gasteiger partial charge in [0.15, 0.2) is 0 Å². The molecule has 0 aliphatic heterocycles. The summed E-state index contributed by atoms with van der Waals surface area (Å²) in [6.45, 7) is 0. The monoisotopic (exact) mass is 765 g/mol. The number of hydrogen-bond donors (Lipinski definition) is 0. The molecular weight excluding hydrogens is 731 g/mol. The lowest BCUT2D eigenvalue weighted by atomic mass is 9.70. The van der Waals surface area contributed by atoms with Crippen molar-refractivity contribution in [3.63, 3.8) is 0 Å². The first-order valence-corrected chi connectivity index (χ1v) is 21.2. The van der Waals surface area contributed by atoms with Crippen LogP contribution >= 0.6 is 11.3 Å². The van der Waals surface area contributed by atoms with E-state index in [2.05, 4.69) is 217 Å². The van der Waals surface area contributed by atoms with Gasteiger partial charge in [-0.2, -0.15) is 0 Å². The summed E-state index contributed by atoms with van der Waals surface area (Å²) in [6, 6.07) is 79.3. The molecule has 1 heterocycles. The first-order valence-electron chi connectivity index (χ1n) is 20.4. The van der Waals surface area contributed by atoms with E-state index < -0.39 is 5.41 Å². The molecule has 2 aliphatic rings. The molecule has 13 rings (SSSR count). The lowest BCUT2D eigenvalue weighted by molar-refractivity contribution is 0.795. The van der Waals surface area contributed by atoms with Crippen molar-refractivity contribution in [2.24, 2.45) is 0 Å². The van der Waals surface area contributed by atoms with E-state index in [9.17, 15) is 0 Å². The van der Waals surface area contributed by atoms with E-state index in [1.165, 1.54) is 97.4 Å². The third kappa shape index (κ3) is 4.50. The van der Waals surface area contributed by atoms with Crippen molar-refractivity contribution in [1.82, 2.24) is 0 Å². The zero-order chi connectivity index (χ0) is 38.7. The quantitative estimate of drug-likeness (QED) is 0.172. The van der Waals surface area contributed by atoms with Crippen LogP contribution in [-0.4, -0.2) is 0 Å². The van der Waals surface area contributed by atoms with Gasteiger partial charge >= 0.3 is 0 Å². The summed E-state index contributed by atoms with van der Waals surface area (Å²) < 4.78 is 2.70. The van der Waals surface area contributed by atoms with Crippen molar-refractivity contribution < 1.29 is 0 Å². The Labute approximate surface area is 346 Å². The molecule has 0 saturated heterocycles. The molecule has 274 valence electrons. The third-order valence-corrected chi connectivity index (χ3v) is 14.3. The maximum Gasteiger partial charge on any atom is 0.0727 e. The number of hydrogen-bond acceptors (Lipinski definition) is 2. The van der Waals surface area contributed by atoms with Crippen LogP contribution in [0.3, 0.4) is 0 Å². The average Bonchev–Trinajstić information content (AvgIpc) is 3.93. The highest BCUT2D eigenvalue weighted by Gasteiger charge is 2.52. The van der Waals surface area contributed by atoms with Gasteiger partial charge in [-0.05, 0) is 97.2 Å². The number of nitrogens with zero attached hydrogens (tertiary/aromatic N) is 1. The molecule has 0 radical (unpaired) electrons. The van der Waals surface area contributed by atoms with Gasteiger partial charge in [-0.3, -0.25) is 0 Å². The van der Waals surface area contributed by atoms with Crippen LogP contribution in [0, 0.1) is 0 Å². The highest BCUT2D eigenvalue weighted by atomic mass is 32.1.